The third kappa shape index (κ3) is 2.61. The van der Waals surface area contributed by atoms with Crippen LogP contribution in [0.25, 0.3) is 0 Å². The lowest BCUT2D eigenvalue weighted by molar-refractivity contribution is 0.562. The summed E-state index contributed by atoms with van der Waals surface area (Å²) >= 11 is 9.21. The zero-order valence-electron chi connectivity index (χ0n) is 8.09. The normalized spacial score (nSPS) is 18.2. The average molecular weight is 294 g/mol. The van der Waals surface area contributed by atoms with Gasteiger partial charge in [-0.25, -0.2) is 9.37 Å². The molecule has 82 valence electrons. The third-order valence-electron chi connectivity index (χ3n) is 2.51. The highest BCUT2D eigenvalue weighted by Crippen LogP contribution is 2.25. The molecule has 0 N–H and O–H groups in total. The van der Waals surface area contributed by atoms with Crippen LogP contribution in [0.2, 0.25) is 5.02 Å². The van der Waals surface area contributed by atoms with Gasteiger partial charge < -0.3 is 4.90 Å². The quantitative estimate of drug-likeness (QED) is 0.739. The largest absolute Gasteiger partial charge is 0.354 e. The van der Waals surface area contributed by atoms with Crippen molar-refractivity contribution in [2.75, 3.05) is 18.0 Å². The molecule has 0 atom stereocenters. The maximum absolute atomic E-state index is 13.5. The first kappa shape index (κ1) is 11.1. The first-order chi connectivity index (χ1) is 7.16. The molecule has 2 rings (SSSR count). The summed E-state index contributed by atoms with van der Waals surface area (Å²) in [6, 6.07) is 1.31. The minimum absolute atomic E-state index is 0.337. The molecule has 0 amide bonds. The lowest BCUT2D eigenvalue weighted by Gasteiger charge is -2.30. The molecule has 0 unspecified atom stereocenters. The molecule has 1 saturated heterocycles. The van der Waals surface area contributed by atoms with Crippen LogP contribution in [0.15, 0.2) is 12.3 Å². The molecule has 1 aliphatic rings. The molecule has 0 bridgehead atoms. The number of pyridine rings is 1. The van der Waals surface area contributed by atoms with E-state index in [9.17, 15) is 4.39 Å². The van der Waals surface area contributed by atoms with E-state index >= 15 is 0 Å². The van der Waals surface area contributed by atoms with Crippen LogP contribution in [0.4, 0.5) is 10.2 Å². The number of rotatable bonds is 1. The summed E-state index contributed by atoms with van der Waals surface area (Å²) in [5.41, 5.74) is 0. The predicted octanol–water partition coefficient (Wildman–Crippen LogP) is 3.24. The van der Waals surface area contributed by atoms with Gasteiger partial charge in [-0.05, 0) is 18.9 Å². The molecule has 1 aliphatic heterocycles. The number of alkyl halides is 1. The fourth-order valence-electron chi connectivity index (χ4n) is 1.70. The molecule has 5 heteroatoms. The lowest BCUT2D eigenvalue weighted by atomic mass is 10.1. The fraction of sp³-hybridized carbons (Fsp3) is 0.500. The van der Waals surface area contributed by atoms with E-state index in [1.54, 1.807) is 0 Å². The summed E-state index contributed by atoms with van der Waals surface area (Å²) in [4.78, 5) is 6.54. The average Bonchev–Trinajstić information content (AvgIpc) is 2.20. The van der Waals surface area contributed by atoms with Crippen LogP contribution in [0.3, 0.4) is 0 Å². The Morgan fingerprint density at radius 3 is 2.73 bits per heavy atom. The molecular weight excluding hydrogens is 282 g/mol. The van der Waals surface area contributed by atoms with Crippen molar-refractivity contribution < 1.29 is 4.39 Å². The Morgan fingerprint density at radius 2 is 2.13 bits per heavy atom. The molecule has 2 nitrogen and oxygen atoms in total. The van der Waals surface area contributed by atoms with Gasteiger partial charge in [0, 0.05) is 24.1 Å². The summed E-state index contributed by atoms with van der Waals surface area (Å²) in [5.74, 6) is 0.0781. The number of hydrogen-bond donors (Lipinski definition) is 0. The van der Waals surface area contributed by atoms with Gasteiger partial charge in [0.25, 0.3) is 0 Å². The van der Waals surface area contributed by atoms with Gasteiger partial charge in [0.05, 0.1) is 5.02 Å². The molecule has 0 radical (unpaired) electrons. The summed E-state index contributed by atoms with van der Waals surface area (Å²) in [6.45, 7) is 1.67. The molecule has 0 aromatic carbocycles. The number of nitrogens with zero attached hydrogens (tertiary/aromatic N) is 2. The van der Waals surface area contributed by atoms with Gasteiger partial charge >= 0.3 is 0 Å². The van der Waals surface area contributed by atoms with Crippen molar-refractivity contribution in [1.29, 1.82) is 0 Å². The van der Waals surface area contributed by atoms with Gasteiger partial charge in [0.2, 0.25) is 0 Å². The Labute approximate surface area is 102 Å². The van der Waals surface area contributed by atoms with Crippen LogP contribution >= 0.6 is 27.5 Å². The number of aromatic nitrogens is 1. The summed E-state index contributed by atoms with van der Waals surface area (Å²) in [7, 11) is 0. The maximum atomic E-state index is 13.5. The van der Waals surface area contributed by atoms with Gasteiger partial charge in [-0.1, -0.05) is 27.5 Å². The van der Waals surface area contributed by atoms with E-state index in [0.717, 1.165) is 25.9 Å². The number of hydrogen-bond acceptors (Lipinski definition) is 2. The van der Waals surface area contributed by atoms with Crippen molar-refractivity contribution in [3.63, 3.8) is 0 Å². The molecule has 15 heavy (non-hydrogen) atoms. The fourth-order valence-corrected chi connectivity index (χ4v) is 2.25. The molecule has 1 fully saturated rings. The van der Waals surface area contributed by atoms with E-state index in [0.29, 0.717) is 15.7 Å². The third-order valence-corrected chi connectivity index (χ3v) is 3.63. The van der Waals surface area contributed by atoms with Crippen LogP contribution in [-0.4, -0.2) is 22.9 Å². The second-order valence-corrected chi connectivity index (χ2v) is 5.35. The highest BCUT2D eigenvalue weighted by molar-refractivity contribution is 9.09. The van der Waals surface area contributed by atoms with Crippen molar-refractivity contribution in [1.82, 2.24) is 4.98 Å². The van der Waals surface area contributed by atoms with Crippen molar-refractivity contribution in [2.24, 2.45) is 0 Å². The molecule has 2 heterocycles. The number of piperidine rings is 1. The molecule has 0 aliphatic carbocycles. The Hall–Kier alpha value is -0.350. The Kier molecular flexibility index (Phi) is 3.46. The lowest BCUT2D eigenvalue weighted by Crippen LogP contribution is -2.35. The highest BCUT2D eigenvalue weighted by Gasteiger charge is 2.20. The van der Waals surface area contributed by atoms with Gasteiger partial charge in [0.1, 0.15) is 0 Å². The standard InChI is InChI=1S/C10H11BrClFN2/c11-7-1-3-15(4-2-7)10-9(13)5-8(12)6-14-10/h5-7H,1-4H2. The van der Waals surface area contributed by atoms with E-state index in [1.165, 1.54) is 12.3 Å². The summed E-state index contributed by atoms with van der Waals surface area (Å²) < 4.78 is 13.5. The Bertz CT molecular complexity index is 353. The monoisotopic (exact) mass is 292 g/mol. The molecular formula is C10H11BrClFN2. The summed E-state index contributed by atoms with van der Waals surface area (Å²) in [6.07, 6.45) is 3.52. The van der Waals surface area contributed by atoms with Crippen LogP contribution in [0, 0.1) is 5.82 Å². The molecule has 0 spiro atoms. The van der Waals surface area contributed by atoms with Gasteiger partial charge in [0.15, 0.2) is 11.6 Å². The first-order valence-electron chi connectivity index (χ1n) is 4.87. The highest BCUT2D eigenvalue weighted by atomic mass is 79.9. The Balaban J connectivity index is 2.15. The zero-order valence-corrected chi connectivity index (χ0v) is 10.4. The zero-order chi connectivity index (χ0) is 10.8. The van der Waals surface area contributed by atoms with E-state index in [2.05, 4.69) is 20.9 Å². The van der Waals surface area contributed by atoms with Crippen molar-refractivity contribution in [3.05, 3.63) is 23.1 Å². The maximum Gasteiger partial charge on any atom is 0.167 e. The number of anilines is 1. The number of halogens is 3. The van der Waals surface area contributed by atoms with Crippen molar-refractivity contribution in [3.8, 4) is 0 Å². The smallest absolute Gasteiger partial charge is 0.167 e. The predicted molar refractivity (Wildman–Crippen MR) is 63.4 cm³/mol. The van der Waals surface area contributed by atoms with Gasteiger partial charge in [-0.3, -0.25) is 0 Å². The van der Waals surface area contributed by atoms with E-state index in [1.807, 2.05) is 4.90 Å². The second kappa shape index (κ2) is 4.66. The second-order valence-electron chi connectivity index (χ2n) is 3.62. The summed E-state index contributed by atoms with van der Waals surface area (Å²) in [5, 5.41) is 0.339. The van der Waals surface area contributed by atoms with Crippen molar-refractivity contribution in [2.45, 2.75) is 17.7 Å². The van der Waals surface area contributed by atoms with Crippen LogP contribution < -0.4 is 4.90 Å². The van der Waals surface area contributed by atoms with Crippen LogP contribution in [-0.2, 0) is 0 Å². The Morgan fingerprint density at radius 1 is 1.47 bits per heavy atom. The van der Waals surface area contributed by atoms with Gasteiger partial charge in [-0.15, -0.1) is 0 Å². The van der Waals surface area contributed by atoms with Crippen LogP contribution in [0.5, 0.6) is 0 Å². The molecule has 0 saturated carbocycles. The van der Waals surface area contributed by atoms with Crippen LogP contribution in [0.1, 0.15) is 12.8 Å². The SMILES string of the molecule is Fc1cc(Cl)cnc1N1CCC(Br)CC1. The molecule has 1 aromatic heterocycles. The van der Waals surface area contributed by atoms with Gasteiger partial charge in [-0.2, -0.15) is 0 Å². The first-order valence-corrected chi connectivity index (χ1v) is 6.16. The topological polar surface area (TPSA) is 16.1 Å². The van der Waals surface area contributed by atoms with Crippen molar-refractivity contribution >= 4 is 33.3 Å². The molecule has 1 aromatic rings. The van der Waals surface area contributed by atoms with E-state index in [-0.39, 0.29) is 5.82 Å². The minimum Gasteiger partial charge on any atom is -0.354 e. The van der Waals surface area contributed by atoms with E-state index in [4.69, 9.17) is 11.6 Å². The van der Waals surface area contributed by atoms with E-state index < -0.39 is 0 Å². The minimum atomic E-state index is -0.337.